The molecule has 4 nitrogen and oxygen atoms in total. The van der Waals surface area contributed by atoms with Crippen LogP contribution in [-0.2, 0) is 0 Å². The second-order valence-electron chi connectivity index (χ2n) is 4.69. The maximum Gasteiger partial charge on any atom is 0.266 e. The number of thiazole rings is 1. The van der Waals surface area contributed by atoms with Gasteiger partial charge in [0.1, 0.15) is 4.88 Å². The van der Waals surface area contributed by atoms with E-state index in [0.717, 1.165) is 29.5 Å². The molecule has 0 spiro atoms. The van der Waals surface area contributed by atoms with E-state index in [9.17, 15) is 4.79 Å². The van der Waals surface area contributed by atoms with Gasteiger partial charge in [0.2, 0.25) is 0 Å². The summed E-state index contributed by atoms with van der Waals surface area (Å²) >= 11 is 1.47. The summed E-state index contributed by atoms with van der Waals surface area (Å²) in [5, 5.41) is 4.25. The molecule has 88 valence electrons. The molecule has 0 unspecified atom stereocenters. The molecule has 0 atom stereocenters. The van der Waals surface area contributed by atoms with E-state index in [1.807, 2.05) is 11.8 Å². The minimum atomic E-state index is -0.118. The van der Waals surface area contributed by atoms with Crippen molar-refractivity contribution in [3.05, 3.63) is 16.1 Å². The predicted molar refractivity (Wildman–Crippen MR) is 64.8 cm³/mol. The van der Waals surface area contributed by atoms with E-state index in [1.54, 1.807) is 6.20 Å². The summed E-state index contributed by atoms with van der Waals surface area (Å²) in [4.78, 5) is 19.1. The average Bonchev–Trinajstić information content (AvgIpc) is 2.63. The first kappa shape index (κ1) is 11.5. The van der Waals surface area contributed by atoms with Gasteiger partial charge in [-0.15, -0.1) is 11.3 Å². The van der Waals surface area contributed by atoms with E-state index in [1.165, 1.54) is 11.3 Å². The van der Waals surface area contributed by atoms with E-state index >= 15 is 0 Å². The number of nitrogens with one attached hydrogen (secondary N) is 1. The highest BCUT2D eigenvalue weighted by Crippen LogP contribution is 2.22. The minimum Gasteiger partial charge on any atom is -0.330 e. The zero-order chi connectivity index (χ0) is 11.8. The molecule has 0 saturated carbocycles. The van der Waals surface area contributed by atoms with Crippen molar-refractivity contribution in [1.82, 2.24) is 15.2 Å². The number of hydrogen-bond donors (Lipinski definition) is 1. The van der Waals surface area contributed by atoms with Crippen LogP contribution in [0.1, 0.15) is 28.5 Å². The van der Waals surface area contributed by atoms with Crippen LogP contribution in [0.5, 0.6) is 0 Å². The van der Waals surface area contributed by atoms with Crippen LogP contribution in [-0.4, -0.2) is 41.0 Å². The number of piperazine rings is 1. The molecule has 0 aromatic carbocycles. The molecule has 5 heteroatoms. The van der Waals surface area contributed by atoms with Crippen LogP contribution >= 0.6 is 11.3 Å². The van der Waals surface area contributed by atoms with Crippen molar-refractivity contribution in [2.75, 3.05) is 19.6 Å². The summed E-state index contributed by atoms with van der Waals surface area (Å²) < 4.78 is 0. The molecule has 1 fully saturated rings. The van der Waals surface area contributed by atoms with Gasteiger partial charge in [0.15, 0.2) is 0 Å². The lowest BCUT2D eigenvalue weighted by Crippen LogP contribution is -2.59. The van der Waals surface area contributed by atoms with Gasteiger partial charge in [0, 0.05) is 19.6 Å². The lowest BCUT2D eigenvalue weighted by atomic mass is 10.00. The zero-order valence-corrected chi connectivity index (χ0v) is 10.7. The number of amides is 1. The van der Waals surface area contributed by atoms with E-state index in [4.69, 9.17) is 0 Å². The molecular weight excluding hydrogens is 222 g/mol. The van der Waals surface area contributed by atoms with Crippen LogP contribution in [0.15, 0.2) is 6.20 Å². The molecule has 1 aliphatic rings. The standard InChI is InChI=1S/C11H17N3OS/c1-8-13-6-9(16-8)10(15)14-5-4-12-7-11(14,2)3/h6,12H,4-5,7H2,1-3H3. The first-order valence-corrected chi connectivity index (χ1v) is 6.27. The summed E-state index contributed by atoms with van der Waals surface area (Å²) in [6.07, 6.45) is 1.68. The Balaban J connectivity index is 2.20. The summed E-state index contributed by atoms with van der Waals surface area (Å²) in [5.74, 6) is 0.108. The quantitative estimate of drug-likeness (QED) is 0.803. The molecule has 1 aliphatic heterocycles. The first-order chi connectivity index (χ1) is 7.50. The minimum absolute atomic E-state index is 0.108. The molecule has 0 bridgehead atoms. The van der Waals surface area contributed by atoms with Crippen molar-refractivity contribution in [2.24, 2.45) is 0 Å². The Morgan fingerprint density at radius 1 is 1.62 bits per heavy atom. The lowest BCUT2D eigenvalue weighted by Gasteiger charge is -2.42. The Morgan fingerprint density at radius 3 is 2.94 bits per heavy atom. The fraction of sp³-hybridized carbons (Fsp3) is 0.636. The predicted octanol–water partition coefficient (Wildman–Crippen LogP) is 1.28. The number of hydrogen-bond acceptors (Lipinski definition) is 4. The van der Waals surface area contributed by atoms with Crippen LogP contribution in [0.4, 0.5) is 0 Å². The molecule has 0 radical (unpaired) electrons. The van der Waals surface area contributed by atoms with Crippen LogP contribution in [0, 0.1) is 6.92 Å². The maximum absolute atomic E-state index is 12.3. The van der Waals surface area contributed by atoms with Gasteiger partial charge in [-0.25, -0.2) is 4.98 Å². The van der Waals surface area contributed by atoms with Gasteiger partial charge >= 0.3 is 0 Å². The van der Waals surface area contributed by atoms with Crippen molar-refractivity contribution in [1.29, 1.82) is 0 Å². The molecule has 1 aromatic rings. The van der Waals surface area contributed by atoms with Gasteiger partial charge in [-0.05, 0) is 20.8 Å². The topological polar surface area (TPSA) is 45.2 Å². The second-order valence-corrected chi connectivity index (χ2v) is 5.92. The number of aryl methyl sites for hydroxylation is 1. The Hall–Kier alpha value is -0.940. The molecule has 1 amide bonds. The Labute approximate surface area is 99.7 Å². The van der Waals surface area contributed by atoms with E-state index in [0.29, 0.717) is 0 Å². The third kappa shape index (κ3) is 2.10. The van der Waals surface area contributed by atoms with E-state index in [2.05, 4.69) is 24.1 Å². The summed E-state index contributed by atoms with van der Waals surface area (Å²) in [5.41, 5.74) is -0.118. The molecule has 1 aromatic heterocycles. The SMILES string of the molecule is Cc1ncc(C(=O)N2CCNCC2(C)C)s1. The second kappa shape index (κ2) is 4.14. The van der Waals surface area contributed by atoms with Gasteiger partial charge in [0.25, 0.3) is 5.91 Å². The van der Waals surface area contributed by atoms with Crippen LogP contribution in [0.2, 0.25) is 0 Å². The third-order valence-corrected chi connectivity index (χ3v) is 3.78. The fourth-order valence-corrected chi connectivity index (χ4v) is 2.68. The summed E-state index contributed by atoms with van der Waals surface area (Å²) in [7, 11) is 0. The Morgan fingerprint density at radius 2 is 2.38 bits per heavy atom. The monoisotopic (exact) mass is 239 g/mol. The van der Waals surface area contributed by atoms with E-state index in [-0.39, 0.29) is 11.4 Å². The number of carbonyl (C=O) groups excluding carboxylic acids is 1. The van der Waals surface area contributed by atoms with Crippen molar-refractivity contribution < 1.29 is 4.79 Å². The maximum atomic E-state index is 12.3. The molecule has 2 rings (SSSR count). The Bertz CT molecular complexity index is 400. The Kier molecular flexibility index (Phi) is 2.99. The third-order valence-electron chi connectivity index (χ3n) is 2.88. The smallest absolute Gasteiger partial charge is 0.266 e. The lowest BCUT2D eigenvalue weighted by molar-refractivity contribution is 0.0482. The van der Waals surface area contributed by atoms with Gasteiger partial charge in [-0.1, -0.05) is 0 Å². The summed E-state index contributed by atoms with van der Waals surface area (Å²) in [6.45, 7) is 8.58. The molecule has 0 aliphatic carbocycles. The number of nitrogens with zero attached hydrogens (tertiary/aromatic N) is 2. The largest absolute Gasteiger partial charge is 0.330 e. The van der Waals surface area contributed by atoms with Gasteiger partial charge in [-0.3, -0.25) is 4.79 Å². The number of carbonyl (C=O) groups is 1. The van der Waals surface area contributed by atoms with Crippen molar-refractivity contribution >= 4 is 17.2 Å². The van der Waals surface area contributed by atoms with Crippen molar-refractivity contribution in [3.8, 4) is 0 Å². The van der Waals surface area contributed by atoms with Crippen molar-refractivity contribution in [2.45, 2.75) is 26.3 Å². The van der Waals surface area contributed by atoms with Crippen LogP contribution < -0.4 is 5.32 Å². The number of aromatic nitrogens is 1. The first-order valence-electron chi connectivity index (χ1n) is 5.46. The average molecular weight is 239 g/mol. The molecular formula is C11H17N3OS. The highest BCUT2D eigenvalue weighted by atomic mass is 32.1. The molecule has 1 N–H and O–H groups in total. The van der Waals surface area contributed by atoms with Gasteiger partial charge < -0.3 is 10.2 Å². The molecule has 1 saturated heterocycles. The van der Waals surface area contributed by atoms with Crippen molar-refractivity contribution in [3.63, 3.8) is 0 Å². The summed E-state index contributed by atoms with van der Waals surface area (Å²) in [6, 6.07) is 0. The normalized spacial score (nSPS) is 19.8. The molecule has 2 heterocycles. The van der Waals surface area contributed by atoms with Crippen LogP contribution in [0.3, 0.4) is 0 Å². The van der Waals surface area contributed by atoms with Gasteiger partial charge in [-0.2, -0.15) is 0 Å². The highest BCUT2D eigenvalue weighted by molar-refractivity contribution is 7.13. The van der Waals surface area contributed by atoms with Crippen LogP contribution in [0.25, 0.3) is 0 Å². The molecule has 16 heavy (non-hydrogen) atoms. The van der Waals surface area contributed by atoms with Gasteiger partial charge in [0.05, 0.1) is 16.7 Å². The zero-order valence-electron chi connectivity index (χ0n) is 9.91. The highest BCUT2D eigenvalue weighted by Gasteiger charge is 2.34. The fourth-order valence-electron chi connectivity index (χ4n) is 1.95. The van der Waals surface area contributed by atoms with E-state index < -0.39 is 0 Å². The number of rotatable bonds is 1.